The molecule has 1 aliphatic rings. The van der Waals surface area contributed by atoms with E-state index in [1.807, 2.05) is 0 Å². The van der Waals surface area contributed by atoms with E-state index in [0.29, 0.717) is 6.42 Å². The van der Waals surface area contributed by atoms with Crippen molar-refractivity contribution >= 4 is 18.4 Å². The number of hydrogen-bond donors (Lipinski definition) is 2. The van der Waals surface area contributed by atoms with Gasteiger partial charge in [-0.2, -0.15) is 0 Å². The lowest BCUT2D eigenvalue weighted by atomic mass is 10.0. The molecule has 0 aliphatic carbocycles. The summed E-state index contributed by atoms with van der Waals surface area (Å²) in [5, 5.41) is 11.5. The fourth-order valence-corrected chi connectivity index (χ4v) is 1.28. The molecule has 1 saturated heterocycles. The minimum atomic E-state index is -0.785. The van der Waals surface area contributed by atoms with Crippen LogP contribution in [0.3, 0.4) is 0 Å². The number of methoxy groups -OCH3 is 1. The zero-order chi connectivity index (χ0) is 8.27. The Balaban J connectivity index is 0.00000121. The van der Waals surface area contributed by atoms with Gasteiger partial charge in [0.25, 0.3) is 0 Å². The van der Waals surface area contributed by atoms with Crippen LogP contribution in [0.15, 0.2) is 0 Å². The second kappa shape index (κ2) is 5.35. The number of halogens is 1. The lowest BCUT2D eigenvalue weighted by Gasteiger charge is -2.26. The number of piperidine rings is 1. The number of nitrogens with one attached hydrogen (secondary N) is 1. The Labute approximate surface area is 77.7 Å². The summed E-state index contributed by atoms with van der Waals surface area (Å²) < 4.78 is 5.07. The Morgan fingerprint density at radius 3 is 2.83 bits per heavy atom. The molecular weight excluding hydrogens is 182 g/mol. The van der Waals surface area contributed by atoms with Crippen molar-refractivity contribution in [2.75, 3.05) is 13.7 Å². The predicted molar refractivity (Wildman–Crippen MR) is 46.7 cm³/mol. The van der Waals surface area contributed by atoms with E-state index < -0.39 is 12.0 Å². The molecule has 4 nitrogen and oxygen atoms in total. The molecule has 1 aliphatic heterocycles. The molecule has 5 heteroatoms. The molecule has 0 saturated carbocycles. The van der Waals surface area contributed by atoms with Crippen LogP contribution < -0.4 is 5.32 Å². The highest BCUT2D eigenvalue weighted by Gasteiger charge is 2.25. The molecular formula is C7H14ClNO3. The van der Waals surface area contributed by atoms with Gasteiger partial charge in [0.2, 0.25) is 0 Å². The number of carboxylic acids is 1. The minimum absolute atomic E-state index is 0. The fraction of sp³-hybridized carbons (Fsp3) is 0.857. The van der Waals surface area contributed by atoms with Gasteiger partial charge in [-0.25, -0.2) is 0 Å². The minimum Gasteiger partial charge on any atom is -0.480 e. The molecule has 0 aromatic heterocycles. The Morgan fingerprint density at radius 2 is 2.33 bits per heavy atom. The Kier molecular flexibility index (Phi) is 5.20. The molecule has 0 bridgehead atoms. The van der Waals surface area contributed by atoms with Crippen LogP contribution in [-0.4, -0.2) is 36.9 Å². The maximum atomic E-state index is 10.5. The highest BCUT2D eigenvalue weighted by atomic mass is 35.5. The Morgan fingerprint density at radius 1 is 1.67 bits per heavy atom. The van der Waals surface area contributed by atoms with Gasteiger partial charge in [0.1, 0.15) is 6.04 Å². The van der Waals surface area contributed by atoms with Crippen molar-refractivity contribution in [3.63, 3.8) is 0 Å². The van der Waals surface area contributed by atoms with E-state index in [2.05, 4.69) is 5.32 Å². The van der Waals surface area contributed by atoms with E-state index in [4.69, 9.17) is 9.84 Å². The first-order chi connectivity index (χ1) is 5.24. The lowest BCUT2D eigenvalue weighted by molar-refractivity contribution is -0.141. The largest absolute Gasteiger partial charge is 0.480 e. The van der Waals surface area contributed by atoms with Crippen LogP contribution in [0.5, 0.6) is 0 Å². The summed E-state index contributed by atoms with van der Waals surface area (Å²) in [6.45, 7) is 0.732. The van der Waals surface area contributed by atoms with Crippen LogP contribution in [-0.2, 0) is 9.53 Å². The maximum absolute atomic E-state index is 10.5. The van der Waals surface area contributed by atoms with Gasteiger partial charge in [0.15, 0.2) is 0 Å². The van der Waals surface area contributed by atoms with E-state index in [-0.39, 0.29) is 18.5 Å². The maximum Gasteiger partial charge on any atom is 0.320 e. The highest BCUT2D eigenvalue weighted by molar-refractivity contribution is 5.85. The molecule has 72 valence electrons. The zero-order valence-electron chi connectivity index (χ0n) is 6.95. The standard InChI is InChI=1S/C7H13NO3.ClH/c1-11-5-2-3-8-6(4-5)7(9)10;/h5-6,8H,2-4H2,1H3,(H,9,10);1H. The molecule has 1 fully saturated rings. The number of carbonyl (C=O) groups is 1. The van der Waals surface area contributed by atoms with Crippen molar-refractivity contribution in [1.29, 1.82) is 0 Å². The van der Waals surface area contributed by atoms with Crippen molar-refractivity contribution in [3.8, 4) is 0 Å². The normalized spacial score (nSPS) is 29.1. The van der Waals surface area contributed by atoms with Crippen LogP contribution in [0.4, 0.5) is 0 Å². The third-order valence-corrected chi connectivity index (χ3v) is 1.99. The molecule has 2 atom stereocenters. The molecule has 12 heavy (non-hydrogen) atoms. The molecule has 0 radical (unpaired) electrons. The van der Waals surface area contributed by atoms with Crippen LogP contribution >= 0.6 is 12.4 Å². The van der Waals surface area contributed by atoms with Crippen molar-refractivity contribution in [2.45, 2.75) is 25.0 Å². The number of rotatable bonds is 2. The van der Waals surface area contributed by atoms with Gasteiger partial charge in [-0.3, -0.25) is 4.79 Å². The summed E-state index contributed by atoms with van der Waals surface area (Å²) in [5.41, 5.74) is 0. The van der Waals surface area contributed by atoms with Gasteiger partial charge in [-0.05, 0) is 19.4 Å². The van der Waals surface area contributed by atoms with Gasteiger partial charge in [-0.1, -0.05) is 0 Å². The predicted octanol–water partition coefficient (Wildman–Crippen LogP) is 0.260. The number of ether oxygens (including phenoxy) is 1. The Bertz CT molecular complexity index is 154. The molecule has 1 rings (SSSR count). The molecule has 0 aromatic rings. The van der Waals surface area contributed by atoms with Gasteiger partial charge >= 0.3 is 5.97 Å². The molecule has 2 unspecified atom stereocenters. The Hall–Kier alpha value is -0.320. The van der Waals surface area contributed by atoms with Gasteiger partial charge in [-0.15, -0.1) is 12.4 Å². The highest BCUT2D eigenvalue weighted by Crippen LogP contribution is 2.11. The van der Waals surface area contributed by atoms with E-state index in [0.717, 1.165) is 13.0 Å². The van der Waals surface area contributed by atoms with E-state index in [1.165, 1.54) is 0 Å². The second-order valence-electron chi connectivity index (χ2n) is 2.73. The number of hydrogen-bond acceptors (Lipinski definition) is 3. The van der Waals surface area contributed by atoms with Crippen LogP contribution in [0, 0.1) is 0 Å². The third kappa shape index (κ3) is 2.97. The lowest BCUT2D eigenvalue weighted by Crippen LogP contribution is -2.45. The van der Waals surface area contributed by atoms with Crippen molar-refractivity contribution in [1.82, 2.24) is 5.32 Å². The van der Waals surface area contributed by atoms with E-state index in [9.17, 15) is 4.79 Å². The summed E-state index contributed by atoms with van der Waals surface area (Å²) in [6, 6.07) is -0.423. The summed E-state index contributed by atoms with van der Waals surface area (Å²) >= 11 is 0. The number of aliphatic carboxylic acids is 1. The SMILES string of the molecule is COC1CCNC(C(=O)O)C1.Cl. The molecule has 0 aromatic carbocycles. The fourth-order valence-electron chi connectivity index (χ4n) is 1.28. The molecule has 2 N–H and O–H groups in total. The van der Waals surface area contributed by atoms with E-state index in [1.54, 1.807) is 7.11 Å². The molecule has 0 amide bonds. The van der Waals surface area contributed by atoms with Crippen molar-refractivity contribution in [2.24, 2.45) is 0 Å². The average molecular weight is 196 g/mol. The second-order valence-corrected chi connectivity index (χ2v) is 2.73. The first kappa shape index (κ1) is 11.7. The monoisotopic (exact) mass is 195 g/mol. The van der Waals surface area contributed by atoms with Gasteiger partial charge < -0.3 is 15.2 Å². The zero-order valence-corrected chi connectivity index (χ0v) is 7.76. The summed E-state index contributed by atoms with van der Waals surface area (Å²) in [7, 11) is 1.62. The quantitative estimate of drug-likeness (QED) is 0.664. The van der Waals surface area contributed by atoms with Crippen molar-refractivity contribution in [3.05, 3.63) is 0 Å². The summed E-state index contributed by atoms with van der Waals surface area (Å²) in [6.07, 6.45) is 1.59. The number of carboxylic acid groups (broad SMARTS) is 1. The first-order valence-electron chi connectivity index (χ1n) is 3.73. The van der Waals surface area contributed by atoms with Crippen LogP contribution in [0.25, 0.3) is 0 Å². The summed E-state index contributed by atoms with van der Waals surface area (Å²) in [5.74, 6) is -0.785. The van der Waals surface area contributed by atoms with Crippen LogP contribution in [0.1, 0.15) is 12.8 Å². The topological polar surface area (TPSA) is 58.6 Å². The van der Waals surface area contributed by atoms with Gasteiger partial charge in [0.05, 0.1) is 6.10 Å². The first-order valence-corrected chi connectivity index (χ1v) is 3.73. The van der Waals surface area contributed by atoms with E-state index >= 15 is 0 Å². The van der Waals surface area contributed by atoms with Crippen molar-refractivity contribution < 1.29 is 14.6 Å². The van der Waals surface area contributed by atoms with Crippen LogP contribution in [0.2, 0.25) is 0 Å². The smallest absolute Gasteiger partial charge is 0.320 e. The third-order valence-electron chi connectivity index (χ3n) is 1.99. The van der Waals surface area contributed by atoms with Gasteiger partial charge in [0, 0.05) is 7.11 Å². The average Bonchev–Trinajstić information content (AvgIpc) is 2.05. The molecule has 1 heterocycles. The molecule has 0 spiro atoms. The summed E-state index contributed by atoms with van der Waals surface area (Å²) in [4.78, 5) is 10.5.